The van der Waals surface area contributed by atoms with E-state index in [1.54, 1.807) is 49.6 Å². The molecule has 1 aromatic heterocycles. The summed E-state index contributed by atoms with van der Waals surface area (Å²) < 4.78 is 27.2. The first-order chi connectivity index (χ1) is 18.0. The maximum Gasteiger partial charge on any atom is 0.342 e. The zero-order valence-corrected chi connectivity index (χ0v) is 21.2. The number of aliphatic carboxylic acids is 1. The van der Waals surface area contributed by atoms with Crippen molar-refractivity contribution >= 4 is 23.8 Å². The van der Waals surface area contributed by atoms with Gasteiger partial charge >= 0.3 is 5.97 Å². The van der Waals surface area contributed by atoms with E-state index in [9.17, 15) is 9.90 Å². The van der Waals surface area contributed by atoms with Crippen LogP contribution in [0.5, 0.6) is 23.0 Å². The molecule has 9 nitrogen and oxygen atoms in total. The second-order valence-corrected chi connectivity index (χ2v) is 8.59. The van der Waals surface area contributed by atoms with Crippen LogP contribution in [0.1, 0.15) is 11.1 Å². The van der Waals surface area contributed by atoms with Crippen molar-refractivity contribution in [1.82, 2.24) is 10.2 Å². The van der Waals surface area contributed by atoms with Crippen LogP contribution in [0.3, 0.4) is 0 Å². The molecule has 0 bridgehead atoms. The van der Waals surface area contributed by atoms with Crippen molar-refractivity contribution in [1.29, 1.82) is 0 Å². The number of thioether (sulfide) groups is 1. The van der Waals surface area contributed by atoms with E-state index in [1.807, 2.05) is 24.3 Å². The lowest BCUT2D eigenvalue weighted by Crippen LogP contribution is -1.97. The molecule has 37 heavy (non-hydrogen) atoms. The third kappa shape index (κ3) is 6.83. The van der Waals surface area contributed by atoms with Crippen molar-refractivity contribution in [3.05, 3.63) is 82.8 Å². The van der Waals surface area contributed by atoms with Crippen molar-refractivity contribution in [3.8, 4) is 34.5 Å². The maximum absolute atomic E-state index is 11.9. The molecule has 4 aromatic rings. The third-order valence-corrected chi connectivity index (χ3v) is 6.01. The standard InChI is InChI=1S/C27H24N2O7S/c1-32-20-8-6-18(7-9-20)16-35-21-10-4-17(5-11-21)12-24(26(30)31)37-27-29-28-25(36-27)19-13-22(33-2)15-23(14-19)34-3/h4-15H,16H2,1-3H3,(H,30,31)/b24-12-. The number of nitrogens with zero attached hydrogens (tertiary/aromatic N) is 2. The van der Waals surface area contributed by atoms with Crippen LogP contribution in [0, 0.1) is 0 Å². The van der Waals surface area contributed by atoms with Crippen molar-refractivity contribution in [2.45, 2.75) is 11.8 Å². The summed E-state index contributed by atoms with van der Waals surface area (Å²) in [7, 11) is 4.70. The molecule has 0 aliphatic heterocycles. The summed E-state index contributed by atoms with van der Waals surface area (Å²) in [4.78, 5) is 11.9. The molecule has 0 saturated heterocycles. The minimum Gasteiger partial charge on any atom is -0.497 e. The Morgan fingerprint density at radius 2 is 1.49 bits per heavy atom. The Labute approximate surface area is 217 Å². The summed E-state index contributed by atoms with van der Waals surface area (Å²) in [5.41, 5.74) is 2.27. The van der Waals surface area contributed by atoms with Gasteiger partial charge in [0.05, 0.1) is 21.3 Å². The highest BCUT2D eigenvalue weighted by atomic mass is 32.2. The average molecular weight is 521 g/mol. The molecule has 0 spiro atoms. The quantitative estimate of drug-likeness (QED) is 0.199. The van der Waals surface area contributed by atoms with E-state index in [0.717, 1.165) is 23.1 Å². The molecule has 0 amide bonds. The van der Waals surface area contributed by atoms with E-state index in [1.165, 1.54) is 20.3 Å². The first kappa shape index (κ1) is 25.6. The second kappa shape index (κ2) is 12.0. The fraction of sp³-hybridized carbons (Fsp3) is 0.148. The van der Waals surface area contributed by atoms with Crippen LogP contribution in [-0.2, 0) is 11.4 Å². The van der Waals surface area contributed by atoms with Gasteiger partial charge in [-0.3, -0.25) is 0 Å². The van der Waals surface area contributed by atoms with Gasteiger partial charge < -0.3 is 28.5 Å². The first-order valence-electron chi connectivity index (χ1n) is 11.0. The third-order valence-electron chi connectivity index (χ3n) is 5.16. The average Bonchev–Trinajstić information content (AvgIpc) is 3.41. The van der Waals surface area contributed by atoms with E-state index in [0.29, 0.717) is 35.0 Å². The number of rotatable bonds is 11. The zero-order valence-electron chi connectivity index (χ0n) is 20.3. The molecule has 0 radical (unpaired) electrons. The molecule has 0 unspecified atom stereocenters. The number of carboxylic acid groups (broad SMARTS) is 1. The molecule has 190 valence electrons. The van der Waals surface area contributed by atoms with Gasteiger partial charge in [0, 0.05) is 11.6 Å². The number of hydrogen-bond acceptors (Lipinski definition) is 9. The Morgan fingerprint density at radius 1 is 0.865 bits per heavy atom. The Bertz CT molecular complexity index is 1360. The fourth-order valence-electron chi connectivity index (χ4n) is 3.23. The van der Waals surface area contributed by atoms with Gasteiger partial charge in [-0.15, -0.1) is 10.2 Å². The number of ether oxygens (including phenoxy) is 4. The highest BCUT2D eigenvalue weighted by molar-refractivity contribution is 8.03. The predicted molar refractivity (Wildman–Crippen MR) is 138 cm³/mol. The molecule has 0 saturated carbocycles. The minimum atomic E-state index is -1.12. The number of carbonyl (C=O) groups is 1. The lowest BCUT2D eigenvalue weighted by molar-refractivity contribution is -0.131. The number of benzene rings is 3. The van der Waals surface area contributed by atoms with Crippen LogP contribution < -0.4 is 18.9 Å². The molecule has 3 aromatic carbocycles. The normalized spacial score (nSPS) is 11.2. The van der Waals surface area contributed by atoms with E-state index in [-0.39, 0.29) is 16.0 Å². The van der Waals surface area contributed by atoms with Crippen LogP contribution in [0.25, 0.3) is 17.5 Å². The number of aromatic nitrogens is 2. The number of methoxy groups -OCH3 is 3. The van der Waals surface area contributed by atoms with Crippen LogP contribution in [0.15, 0.2) is 81.3 Å². The topological polar surface area (TPSA) is 113 Å². The molecule has 10 heteroatoms. The SMILES string of the molecule is COc1ccc(COc2ccc(/C=C(\Sc3nnc(-c4cc(OC)cc(OC)c4)o3)C(=O)O)cc2)cc1. The van der Waals surface area contributed by atoms with E-state index in [2.05, 4.69) is 10.2 Å². The minimum absolute atomic E-state index is 0.0188. The molecule has 0 aliphatic carbocycles. The fourth-order valence-corrected chi connectivity index (χ4v) is 3.90. The molecule has 0 atom stereocenters. The van der Waals surface area contributed by atoms with Gasteiger partial charge in [0.15, 0.2) is 0 Å². The molecular weight excluding hydrogens is 496 g/mol. The predicted octanol–water partition coefficient (Wildman–Crippen LogP) is 5.56. The van der Waals surface area contributed by atoms with Gasteiger partial charge in [-0.25, -0.2) is 4.79 Å². The van der Waals surface area contributed by atoms with E-state index >= 15 is 0 Å². The van der Waals surface area contributed by atoms with Crippen molar-refractivity contribution in [2.24, 2.45) is 0 Å². The summed E-state index contributed by atoms with van der Waals surface area (Å²) in [5, 5.41) is 17.8. The van der Waals surface area contributed by atoms with Crippen LogP contribution in [0.4, 0.5) is 0 Å². The molecule has 0 fully saturated rings. The van der Waals surface area contributed by atoms with E-state index in [4.69, 9.17) is 23.4 Å². The van der Waals surface area contributed by atoms with Crippen molar-refractivity contribution in [3.63, 3.8) is 0 Å². The monoisotopic (exact) mass is 520 g/mol. The Kier molecular flexibility index (Phi) is 8.32. The van der Waals surface area contributed by atoms with Crippen LogP contribution in [0.2, 0.25) is 0 Å². The van der Waals surface area contributed by atoms with Crippen LogP contribution >= 0.6 is 11.8 Å². The second-order valence-electron chi connectivity index (χ2n) is 7.60. The van der Waals surface area contributed by atoms with E-state index < -0.39 is 5.97 Å². The van der Waals surface area contributed by atoms with Gasteiger partial charge in [0.2, 0.25) is 5.89 Å². The Morgan fingerprint density at radius 3 is 2.08 bits per heavy atom. The Balaban J connectivity index is 1.44. The number of hydrogen-bond donors (Lipinski definition) is 1. The van der Waals surface area contributed by atoms with Crippen molar-refractivity contribution < 1.29 is 33.3 Å². The number of carboxylic acids is 1. The smallest absolute Gasteiger partial charge is 0.342 e. The lowest BCUT2D eigenvalue weighted by Gasteiger charge is -2.07. The molecule has 0 aliphatic rings. The maximum atomic E-state index is 11.9. The van der Waals surface area contributed by atoms with Gasteiger partial charge in [-0.1, -0.05) is 24.3 Å². The first-order valence-corrected chi connectivity index (χ1v) is 11.8. The molecule has 1 N–H and O–H groups in total. The molecule has 1 heterocycles. The van der Waals surface area contributed by atoms with Crippen molar-refractivity contribution in [2.75, 3.05) is 21.3 Å². The van der Waals surface area contributed by atoms with Gasteiger partial charge in [-0.2, -0.15) is 0 Å². The highest BCUT2D eigenvalue weighted by Gasteiger charge is 2.17. The molecule has 4 rings (SSSR count). The summed E-state index contributed by atoms with van der Waals surface area (Å²) in [6.07, 6.45) is 1.53. The summed E-state index contributed by atoms with van der Waals surface area (Å²) in [6, 6.07) is 19.9. The summed E-state index contributed by atoms with van der Waals surface area (Å²) in [6.45, 7) is 0.397. The molecular formula is C27H24N2O7S. The largest absolute Gasteiger partial charge is 0.497 e. The summed E-state index contributed by atoms with van der Waals surface area (Å²) in [5.74, 6) is 1.65. The van der Waals surface area contributed by atoms with Gasteiger partial charge in [0.25, 0.3) is 5.22 Å². The Hall–Kier alpha value is -4.44. The van der Waals surface area contributed by atoms with Gasteiger partial charge in [-0.05, 0) is 65.4 Å². The highest BCUT2D eigenvalue weighted by Crippen LogP contribution is 2.33. The summed E-state index contributed by atoms with van der Waals surface area (Å²) >= 11 is 0.859. The van der Waals surface area contributed by atoms with Crippen LogP contribution in [-0.4, -0.2) is 42.6 Å². The van der Waals surface area contributed by atoms with Gasteiger partial charge in [0.1, 0.15) is 34.5 Å². The zero-order chi connectivity index (χ0) is 26.2. The lowest BCUT2D eigenvalue weighted by atomic mass is 10.2.